The van der Waals surface area contributed by atoms with E-state index in [2.05, 4.69) is 0 Å². The lowest BCUT2D eigenvalue weighted by Gasteiger charge is -2.28. The standard InChI is InChI=1S/C18H21FN2O.ClH/c1-3-21(13(2)15-8-10-17(19)11-9-15)18(22)16-6-4-14(12-20)5-7-16;/h4-11,13H,3,12,20H2,1-2H3;1H. The van der Waals surface area contributed by atoms with Gasteiger partial charge in [0.15, 0.2) is 0 Å². The Morgan fingerprint density at radius 2 is 1.70 bits per heavy atom. The topological polar surface area (TPSA) is 46.3 Å². The maximum Gasteiger partial charge on any atom is 0.254 e. The van der Waals surface area contributed by atoms with Crippen molar-refractivity contribution in [1.82, 2.24) is 4.90 Å². The number of nitrogens with two attached hydrogens (primary N) is 1. The molecule has 2 aromatic rings. The van der Waals surface area contributed by atoms with Crippen LogP contribution in [0.15, 0.2) is 48.5 Å². The second-order valence-electron chi connectivity index (χ2n) is 5.22. The molecule has 0 heterocycles. The molecule has 0 saturated carbocycles. The summed E-state index contributed by atoms with van der Waals surface area (Å²) in [4.78, 5) is 14.4. The Labute approximate surface area is 142 Å². The van der Waals surface area contributed by atoms with Crippen molar-refractivity contribution in [3.63, 3.8) is 0 Å². The van der Waals surface area contributed by atoms with Gasteiger partial charge in [0.05, 0.1) is 6.04 Å². The first-order valence-corrected chi connectivity index (χ1v) is 7.42. The SMILES string of the molecule is CCN(C(=O)c1ccc(CN)cc1)C(C)c1ccc(F)cc1.Cl. The van der Waals surface area contributed by atoms with Crippen LogP contribution in [0.1, 0.15) is 41.4 Å². The first kappa shape index (κ1) is 19.1. The molecule has 0 spiro atoms. The van der Waals surface area contributed by atoms with Gasteiger partial charge in [0.2, 0.25) is 0 Å². The highest BCUT2D eigenvalue weighted by Gasteiger charge is 2.21. The zero-order valence-corrected chi connectivity index (χ0v) is 14.1. The highest BCUT2D eigenvalue weighted by atomic mass is 35.5. The van der Waals surface area contributed by atoms with Crippen molar-refractivity contribution in [3.05, 3.63) is 71.0 Å². The summed E-state index contributed by atoms with van der Waals surface area (Å²) in [6.07, 6.45) is 0. The molecule has 0 fully saturated rings. The van der Waals surface area contributed by atoms with Crippen molar-refractivity contribution in [2.75, 3.05) is 6.54 Å². The Hall–Kier alpha value is -1.91. The van der Waals surface area contributed by atoms with E-state index in [1.165, 1.54) is 12.1 Å². The van der Waals surface area contributed by atoms with E-state index in [0.29, 0.717) is 18.7 Å². The summed E-state index contributed by atoms with van der Waals surface area (Å²) in [5, 5.41) is 0. The second kappa shape index (κ2) is 8.65. The van der Waals surface area contributed by atoms with E-state index in [1.807, 2.05) is 26.0 Å². The fourth-order valence-electron chi connectivity index (χ4n) is 2.46. The predicted molar refractivity (Wildman–Crippen MR) is 93.1 cm³/mol. The van der Waals surface area contributed by atoms with Gasteiger partial charge in [0, 0.05) is 18.7 Å². The molecule has 2 N–H and O–H groups in total. The number of hydrogen-bond acceptors (Lipinski definition) is 2. The minimum absolute atomic E-state index is 0. The van der Waals surface area contributed by atoms with Crippen LogP contribution in [0.3, 0.4) is 0 Å². The number of carbonyl (C=O) groups excluding carboxylic acids is 1. The van der Waals surface area contributed by atoms with Gasteiger partial charge in [-0.3, -0.25) is 4.79 Å². The van der Waals surface area contributed by atoms with Crippen LogP contribution in [-0.2, 0) is 6.54 Å². The van der Waals surface area contributed by atoms with Crippen molar-refractivity contribution < 1.29 is 9.18 Å². The third kappa shape index (κ3) is 4.53. The molecule has 2 aromatic carbocycles. The normalized spacial score (nSPS) is 11.5. The molecule has 2 rings (SSSR count). The number of carbonyl (C=O) groups is 1. The van der Waals surface area contributed by atoms with Crippen molar-refractivity contribution in [2.45, 2.75) is 26.4 Å². The van der Waals surface area contributed by atoms with Crippen LogP contribution in [-0.4, -0.2) is 17.4 Å². The fraction of sp³-hybridized carbons (Fsp3) is 0.278. The molecule has 0 saturated heterocycles. The highest BCUT2D eigenvalue weighted by Crippen LogP contribution is 2.22. The van der Waals surface area contributed by atoms with Crippen molar-refractivity contribution >= 4 is 18.3 Å². The van der Waals surface area contributed by atoms with Crippen LogP contribution in [0, 0.1) is 5.82 Å². The smallest absolute Gasteiger partial charge is 0.254 e. The molecule has 0 aliphatic carbocycles. The third-order valence-corrected chi connectivity index (χ3v) is 3.86. The molecule has 0 bridgehead atoms. The number of benzene rings is 2. The Morgan fingerprint density at radius 1 is 1.13 bits per heavy atom. The van der Waals surface area contributed by atoms with Crippen LogP contribution in [0.25, 0.3) is 0 Å². The van der Waals surface area contributed by atoms with Gasteiger partial charge < -0.3 is 10.6 Å². The second-order valence-corrected chi connectivity index (χ2v) is 5.22. The summed E-state index contributed by atoms with van der Waals surface area (Å²) in [5.74, 6) is -0.314. The quantitative estimate of drug-likeness (QED) is 0.899. The van der Waals surface area contributed by atoms with Gasteiger partial charge >= 0.3 is 0 Å². The van der Waals surface area contributed by atoms with E-state index in [-0.39, 0.29) is 30.2 Å². The van der Waals surface area contributed by atoms with Crippen LogP contribution in [0.2, 0.25) is 0 Å². The van der Waals surface area contributed by atoms with E-state index in [4.69, 9.17) is 5.73 Å². The van der Waals surface area contributed by atoms with Gasteiger partial charge in [0.25, 0.3) is 5.91 Å². The molecular formula is C18H22ClFN2O. The van der Waals surface area contributed by atoms with Crippen molar-refractivity contribution in [1.29, 1.82) is 0 Å². The molecule has 5 heteroatoms. The fourth-order valence-corrected chi connectivity index (χ4v) is 2.46. The molecule has 0 aliphatic heterocycles. The molecule has 0 aromatic heterocycles. The zero-order chi connectivity index (χ0) is 16.1. The summed E-state index contributed by atoms with van der Waals surface area (Å²) in [6.45, 7) is 4.92. The Morgan fingerprint density at radius 3 is 2.17 bits per heavy atom. The lowest BCUT2D eigenvalue weighted by molar-refractivity contribution is 0.0702. The summed E-state index contributed by atoms with van der Waals surface area (Å²) in [5.41, 5.74) is 8.11. The highest BCUT2D eigenvalue weighted by molar-refractivity contribution is 5.94. The Kier molecular flexibility index (Phi) is 7.20. The predicted octanol–water partition coefficient (Wildman–Crippen LogP) is 3.93. The summed E-state index contributed by atoms with van der Waals surface area (Å²) < 4.78 is 13.0. The first-order valence-electron chi connectivity index (χ1n) is 7.42. The summed E-state index contributed by atoms with van der Waals surface area (Å²) in [6, 6.07) is 13.5. The number of amides is 1. The van der Waals surface area contributed by atoms with Gasteiger partial charge in [-0.2, -0.15) is 0 Å². The van der Waals surface area contributed by atoms with E-state index in [0.717, 1.165) is 11.1 Å². The molecule has 0 radical (unpaired) electrons. The minimum atomic E-state index is -0.275. The average molecular weight is 337 g/mol. The zero-order valence-electron chi connectivity index (χ0n) is 13.3. The van der Waals surface area contributed by atoms with Gasteiger partial charge in [-0.15, -0.1) is 12.4 Å². The molecular weight excluding hydrogens is 315 g/mol. The van der Waals surface area contributed by atoms with Gasteiger partial charge in [-0.1, -0.05) is 24.3 Å². The van der Waals surface area contributed by atoms with Gasteiger partial charge in [0.1, 0.15) is 5.82 Å². The van der Waals surface area contributed by atoms with E-state index in [9.17, 15) is 9.18 Å². The molecule has 1 unspecified atom stereocenters. The van der Waals surface area contributed by atoms with Crippen LogP contribution in [0.4, 0.5) is 4.39 Å². The number of rotatable bonds is 5. The molecule has 124 valence electrons. The molecule has 3 nitrogen and oxygen atoms in total. The monoisotopic (exact) mass is 336 g/mol. The number of hydrogen-bond donors (Lipinski definition) is 1. The van der Waals surface area contributed by atoms with Crippen LogP contribution in [0.5, 0.6) is 0 Å². The lowest BCUT2D eigenvalue weighted by Crippen LogP contribution is -2.33. The summed E-state index contributed by atoms with van der Waals surface area (Å²) >= 11 is 0. The van der Waals surface area contributed by atoms with E-state index >= 15 is 0 Å². The molecule has 1 atom stereocenters. The van der Waals surface area contributed by atoms with Crippen LogP contribution < -0.4 is 5.73 Å². The molecule has 1 amide bonds. The van der Waals surface area contributed by atoms with E-state index < -0.39 is 0 Å². The average Bonchev–Trinajstić information content (AvgIpc) is 2.56. The van der Waals surface area contributed by atoms with Gasteiger partial charge in [-0.25, -0.2) is 4.39 Å². The van der Waals surface area contributed by atoms with Crippen molar-refractivity contribution in [2.24, 2.45) is 5.73 Å². The van der Waals surface area contributed by atoms with Gasteiger partial charge in [-0.05, 0) is 49.2 Å². The molecule has 23 heavy (non-hydrogen) atoms. The summed E-state index contributed by atoms with van der Waals surface area (Å²) in [7, 11) is 0. The Bertz CT molecular complexity index is 628. The third-order valence-electron chi connectivity index (χ3n) is 3.86. The number of nitrogens with zero attached hydrogens (tertiary/aromatic N) is 1. The van der Waals surface area contributed by atoms with Crippen molar-refractivity contribution in [3.8, 4) is 0 Å². The van der Waals surface area contributed by atoms with E-state index in [1.54, 1.807) is 29.2 Å². The Balaban J connectivity index is 0.00000264. The largest absolute Gasteiger partial charge is 0.332 e. The maximum absolute atomic E-state index is 13.0. The minimum Gasteiger partial charge on any atom is -0.332 e. The molecule has 0 aliphatic rings. The lowest BCUT2D eigenvalue weighted by atomic mass is 10.0. The number of halogens is 2. The maximum atomic E-state index is 13.0. The first-order chi connectivity index (χ1) is 10.6. The van der Waals surface area contributed by atoms with Crippen LogP contribution >= 0.6 is 12.4 Å².